The van der Waals surface area contributed by atoms with Gasteiger partial charge in [-0.1, -0.05) is 30.3 Å². The Labute approximate surface area is 205 Å². The number of aryl methyl sites for hydroxylation is 3. The normalized spacial score (nSPS) is 17.8. The first-order valence-electron chi connectivity index (χ1n) is 11.4. The fraction of sp³-hybridized carbons (Fsp3) is 0.214. The molecule has 1 fully saturated rings. The van der Waals surface area contributed by atoms with Crippen LogP contribution in [0.4, 0.5) is 5.69 Å². The van der Waals surface area contributed by atoms with E-state index in [0.717, 1.165) is 22.6 Å². The molecule has 2 unspecified atom stereocenters. The second-order valence-corrected chi connectivity index (χ2v) is 9.32. The van der Waals surface area contributed by atoms with Crippen molar-refractivity contribution in [2.75, 3.05) is 4.90 Å². The molecule has 2 aromatic carbocycles. The van der Waals surface area contributed by atoms with Gasteiger partial charge in [-0.3, -0.25) is 4.98 Å². The zero-order chi connectivity index (χ0) is 24.0. The molecule has 3 heterocycles. The summed E-state index contributed by atoms with van der Waals surface area (Å²) < 4.78 is 2.32. The monoisotopic (exact) mass is 468 g/mol. The fourth-order valence-corrected chi connectivity index (χ4v) is 5.36. The van der Waals surface area contributed by atoms with Gasteiger partial charge in [0, 0.05) is 23.3 Å². The van der Waals surface area contributed by atoms with E-state index in [1.54, 1.807) is 12.3 Å². The van der Waals surface area contributed by atoms with Crippen LogP contribution in [0.1, 0.15) is 45.9 Å². The number of aromatic nitrogens is 2. The van der Waals surface area contributed by atoms with Crippen LogP contribution in [-0.2, 0) is 0 Å². The number of phenolic OH excluding ortho intramolecular Hbond substituents is 1. The molecule has 0 radical (unpaired) electrons. The molecule has 0 amide bonds. The number of rotatable bonds is 4. The van der Waals surface area contributed by atoms with Crippen molar-refractivity contribution >= 4 is 23.0 Å². The maximum absolute atomic E-state index is 10.7. The molecular weight excluding hydrogens is 440 g/mol. The van der Waals surface area contributed by atoms with Gasteiger partial charge >= 0.3 is 0 Å². The Morgan fingerprint density at radius 2 is 1.68 bits per heavy atom. The van der Waals surface area contributed by atoms with E-state index in [4.69, 9.17) is 12.2 Å². The van der Waals surface area contributed by atoms with Crippen LogP contribution in [0.3, 0.4) is 0 Å². The molecule has 0 spiro atoms. The van der Waals surface area contributed by atoms with E-state index in [1.165, 1.54) is 16.8 Å². The third-order valence-electron chi connectivity index (χ3n) is 6.63. The van der Waals surface area contributed by atoms with Gasteiger partial charge in [-0.25, -0.2) is 0 Å². The number of anilines is 1. The minimum absolute atomic E-state index is 0.166. The molecule has 5 nitrogen and oxygen atoms in total. The van der Waals surface area contributed by atoms with Crippen LogP contribution in [-0.4, -0.2) is 19.8 Å². The van der Waals surface area contributed by atoms with Gasteiger partial charge < -0.3 is 19.9 Å². The van der Waals surface area contributed by atoms with E-state index >= 15 is 0 Å². The minimum atomic E-state index is -0.180. The molecule has 6 heteroatoms. The van der Waals surface area contributed by atoms with Gasteiger partial charge in [0.25, 0.3) is 0 Å². The van der Waals surface area contributed by atoms with Crippen molar-refractivity contribution in [2.24, 2.45) is 0 Å². The van der Waals surface area contributed by atoms with Gasteiger partial charge in [0.15, 0.2) is 5.11 Å². The summed E-state index contributed by atoms with van der Waals surface area (Å²) in [4.78, 5) is 6.67. The lowest BCUT2D eigenvalue weighted by Crippen LogP contribution is -2.29. The predicted molar refractivity (Wildman–Crippen MR) is 141 cm³/mol. The minimum Gasteiger partial charge on any atom is -0.506 e. The molecule has 0 bridgehead atoms. The number of hydrogen-bond acceptors (Lipinski definition) is 3. The Hall–Kier alpha value is -3.64. The predicted octanol–water partition coefficient (Wildman–Crippen LogP) is 5.99. The molecule has 172 valence electrons. The van der Waals surface area contributed by atoms with Crippen LogP contribution < -0.4 is 10.2 Å². The van der Waals surface area contributed by atoms with Gasteiger partial charge in [0.2, 0.25) is 0 Å². The first-order valence-corrected chi connectivity index (χ1v) is 11.8. The summed E-state index contributed by atoms with van der Waals surface area (Å²) in [5, 5.41) is 14.8. The van der Waals surface area contributed by atoms with Crippen molar-refractivity contribution in [2.45, 2.75) is 39.8 Å². The number of aromatic hydroxyl groups is 1. The van der Waals surface area contributed by atoms with Crippen molar-refractivity contribution < 1.29 is 5.11 Å². The maximum Gasteiger partial charge on any atom is 0.174 e. The van der Waals surface area contributed by atoms with Crippen molar-refractivity contribution in [1.29, 1.82) is 0 Å². The average Bonchev–Trinajstić information content (AvgIpc) is 3.31. The Balaban J connectivity index is 1.72. The van der Waals surface area contributed by atoms with Gasteiger partial charge in [-0.2, -0.15) is 0 Å². The number of hydrogen-bond donors (Lipinski definition) is 2. The molecule has 1 saturated heterocycles. The molecule has 2 N–H and O–H groups in total. The van der Waals surface area contributed by atoms with Crippen LogP contribution in [0.25, 0.3) is 5.69 Å². The topological polar surface area (TPSA) is 53.3 Å². The van der Waals surface area contributed by atoms with Gasteiger partial charge in [-0.05, 0) is 93.0 Å². The van der Waals surface area contributed by atoms with Crippen LogP contribution in [0.5, 0.6) is 5.75 Å². The summed E-state index contributed by atoms with van der Waals surface area (Å²) in [6.07, 6.45) is 1.80. The number of nitrogens with one attached hydrogen (secondary N) is 1. The Morgan fingerprint density at radius 1 is 0.912 bits per heavy atom. The highest BCUT2D eigenvalue weighted by atomic mass is 32.1. The van der Waals surface area contributed by atoms with Crippen LogP contribution >= 0.6 is 12.2 Å². The lowest BCUT2D eigenvalue weighted by atomic mass is 9.96. The maximum atomic E-state index is 10.7. The van der Waals surface area contributed by atoms with Gasteiger partial charge in [-0.15, -0.1) is 0 Å². The number of nitrogens with zero attached hydrogens (tertiary/aromatic N) is 3. The molecule has 2 aromatic heterocycles. The first kappa shape index (κ1) is 22.2. The highest BCUT2D eigenvalue weighted by Gasteiger charge is 2.43. The molecule has 1 aliphatic rings. The van der Waals surface area contributed by atoms with Gasteiger partial charge in [0.1, 0.15) is 5.75 Å². The van der Waals surface area contributed by atoms with Crippen molar-refractivity contribution in [3.63, 3.8) is 0 Å². The van der Waals surface area contributed by atoms with E-state index < -0.39 is 0 Å². The SMILES string of the molecule is Cc1ccc(C)c(-n2c(C)cc(C3C(c4ccccn4)NC(=S)N3c3ccccc3O)c2C)c1. The average molecular weight is 469 g/mol. The highest BCUT2D eigenvalue weighted by molar-refractivity contribution is 7.80. The smallest absolute Gasteiger partial charge is 0.174 e. The quantitative estimate of drug-likeness (QED) is 0.361. The zero-order valence-electron chi connectivity index (χ0n) is 19.8. The molecule has 0 saturated carbocycles. The molecule has 4 aromatic rings. The Bertz CT molecular complexity index is 1380. The Morgan fingerprint density at radius 3 is 2.41 bits per heavy atom. The summed E-state index contributed by atoms with van der Waals surface area (Å²) in [6.45, 7) is 8.56. The van der Waals surface area contributed by atoms with E-state index in [0.29, 0.717) is 10.8 Å². The summed E-state index contributed by atoms with van der Waals surface area (Å²) in [5.74, 6) is 0.196. The summed E-state index contributed by atoms with van der Waals surface area (Å²) in [5.41, 5.74) is 8.64. The second kappa shape index (κ2) is 8.61. The highest BCUT2D eigenvalue weighted by Crippen LogP contribution is 2.45. The van der Waals surface area contributed by atoms with E-state index in [1.807, 2.05) is 41.3 Å². The molecular formula is C28H28N4OS. The summed E-state index contributed by atoms with van der Waals surface area (Å²) in [7, 11) is 0. The summed E-state index contributed by atoms with van der Waals surface area (Å²) in [6, 6.07) is 21.7. The van der Waals surface area contributed by atoms with Crippen molar-refractivity contribution in [1.82, 2.24) is 14.9 Å². The van der Waals surface area contributed by atoms with Crippen molar-refractivity contribution in [3.05, 3.63) is 107 Å². The number of phenols is 1. The van der Waals surface area contributed by atoms with E-state index in [9.17, 15) is 5.11 Å². The Kier molecular flexibility index (Phi) is 5.62. The molecule has 5 rings (SSSR count). The lowest BCUT2D eigenvalue weighted by Gasteiger charge is -2.28. The zero-order valence-corrected chi connectivity index (χ0v) is 20.6. The number of thiocarbonyl (C=S) groups is 1. The third-order valence-corrected chi connectivity index (χ3v) is 6.95. The number of pyridine rings is 1. The summed E-state index contributed by atoms with van der Waals surface area (Å²) >= 11 is 5.82. The van der Waals surface area contributed by atoms with E-state index in [2.05, 4.69) is 66.8 Å². The third kappa shape index (κ3) is 3.64. The van der Waals surface area contributed by atoms with Crippen LogP contribution in [0, 0.1) is 27.7 Å². The number of benzene rings is 2. The lowest BCUT2D eigenvalue weighted by molar-refractivity contribution is 0.472. The van der Waals surface area contributed by atoms with Crippen LogP contribution in [0.15, 0.2) is 72.9 Å². The standard InChI is InChI=1S/C28H28N4OS/c1-17-12-13-18(2)24(15-17)31-19(3)16-21(20(31)4)27-26(22-9-7-8-14-29-22)30-28(34)32(27)23-10-5-6-11-25(23)33/h5-16,26-27,33H,1-4H3,(H,30,34). The molecule has 0 aliphatic carbocycles. The largest absolute Gasteiger partial charge is 0.506 e. The number of para-hydroxylation sites is 2. The molecule has 1 aliphatic heterocycles. The van der Waals surface area contributed by atoms with E-state index in [-0.39, 0.29) is 17.8 Å². The first-order chi connectivity index (χ1) is 16.4. The molecule has 34 heavy (non-hydrogen) atoms. The van der Waals surface area contributed by atoms with Gasteiger partial charge in [0.05, 0.1) is 23.5 Å². The second-order valence-electron chi connectivity index (χ2n) is 8.94. The van der Waals surface area contributed by atoms with Crippen LogP contribution in [0.2, 0.25) is 0 Å². The van der Waals surface area contributed by atoms with Crippen molar-refractivity contribution in [3.8, 4) is 11.4 Å². The molecule has 2 atom stereocenters. The fourth-order valence-electron chi connectivity index (χ4n) is 5.02.